The minimum atomic E-state index is -0.681. The molecule has 19 heavy (non-hydrogen) atoms. The summed E-state index contributed by atoms with van der Waals surface area (Å²) in [5.74, 6) is 0.104. The second kappa shape index (κ2) is 5.74. The molecule has 0 unspecified atom stereocenters. The molecule has 1 aliphatic rings. The third-order valence-electron chi connectivity index (χ3n) is 3.61. The van der Waals surface area contributed by atoms with Crippen LogP contribution in [0.25, 0.3) is 0 Å². The first-order valence-electron chi connectivity index (χ1n) is 7.08. The standard InChI is InChI=1S/C16H23NO2/c1-3-4-5-13-6-8-14(9-7-13)10-15(18)17-11-16(2,19)12-17/h6-9,19H,3-5,10-12H2,1-2H3. The van der Waals surface area contributed by atoms with Gasteiger partial charge in [-0.2, -0.15) is 0 Å². The Kier molecular flexibility index (Phi) is 4.25. The van der Waals surface area contributed by atoms with E-state index in [9.17, 15) is 9.90 Å². The largest absolute Gasteiger partial charge is 0.386 e. The van der Waals surface area contributed by atoms with Gasteiger partial charge in [-0.05, 0) is 30.9 Å². The van der Waals surface area contributed by atoms with Gasteiger partial charge < -0.3 is 10.0 Å². The summed E-state index contributed by atoms with van der Waals surface area (Å²) < 4.78 is 0. The van der Waals surface area contributed by atoms with Gasteiger partial charge in [-0.15, -0.1) is 0 Å². The molecule has 3 nitrogen and oxygen atoms in total. The Balaban J connectivity index is 1.84. The van der Waals surface area contributed by atoms with Crippen molar-refractivity contribution in [3.8, 4) is 0 Å². The number of aryl methyl sites for hydroxylation is 1. The van der Waals surface area contributed by atoms with Crippen LogP contribution in [0.4, 0.5) is 0 Å². The van der Waals surface area contributed by atoms with Crippen LogP contribution in [0.5, 0.6) is 0 Å². The molecular weight excluding hydrogens is 238 g/mol. The molecule has 1 fully saturated rings. The molecule has 1 saturated heterocycles. The van der Waals surface area contributed by atoms with E-state index < -0.39 is 5.60 Å². The number of unbranched alkanes of at least 4 members (excludes halogenated alkanes) is 1. The van der Waals surface area contributed by atoms with Crippen molar-refractivity contribution >= 4 is 5.91 Å². The summed E-state index contributed by atoms with van der Waals surface area (Å²) in [5.41, 5.74) is 1.71. The van der Waals surface area contributed by atoms with E-state index in [4.69, 9.17) is 0 Å². The lowest BCUT2D eigenvalue weighted by molar-refractivity contribution is -0.151. The van der Waals surface area contributed by atoms with Crippen LogP contribution < -0.4 is 0 Å². The van der Waals surface area contributed by atoms with Crippen LogP contribution in [-0.2, 0) is 17.6 Å². The third-order valence-corrected chi connectivity index (χ3v) is 3.61. The van der Waals surface area contributed by atoms with Crippen molar-refractivity contribution in [3.05, 3.63) is 35.4 Å². The SMILES string of the molecule is CCCCc1ccc(CC(=O)N2CC(C)(O)C2)cc1. The van der Waals surface area contributed by atoms with Gasteiger partial charge in [0.05, 0.1) is 25.1 Å². The Morgan fingerprint density at radius 3 is 2.37 bits per heavy atom. The molecule has 0 spiro atoms. The molecule has 1 amide bonds. The van der Waals surface area contributed by atoms with E-state index in [-0.39, 0.29) is 5.91 Å². The first kappa shape index (κ1) is 14.1. The molecule has 3 heteroatoms. The highest BCUT2D eigenvalue weighted by molar-refractivity contribution is 5.79. The first-order valence-corrected chi connectivity index (χ1v) is 7.08. The molecule has 104 valence electrons. The maximum Gasteiger partial charge on any atom is 0.227 e. The highest BCUT2D eigenvalue weighted by atomic mass is 16.3. The van der Waals surface area contributed by atoms with E-state index in [1.165, 1.54) is 18.4 Å². The van der Waals surface area contributed by atoms with E-state index >= 15 is 0 Å². The Labute approximate surface area is 115 Å². The predicted molar refractivity (Wildman–Crippen MR) is 76.0 cm³/mol. The van der Waals surface area contributed by atoms with Crippen LogP contribution in [0.15, 0.2) is 24.3 Å². The lowest BCUT2D eigenvalue weighted by atomic mass is 9.96. The summed E-state index contributed by atoms with van der Waals surface area (Å²) in [6.45, 7) is 4.87. The monoisotopic (exact) mass is 261 g/mol. The molecule has 0 aliphatic carbocycles. The van der Waals surface area contributed by atoms with Crippen molar-refractivity contribution in [2.45, 2.75) is 45.1 Å². The molecule has 0 atom stereocenters. The van der Waals surface area contributed by atoms with E-state index in [1.807, 2.05) is 12.1 Å². The van der Waals surface area contributed by atoms with Crippen LogP contribution in [0.3, 0.4) is 0 Å². The smallest absolute Gasteiger partial charge is 0.227 e. The summed E-state index contributed by atoms with van der Waals surface area (Å²) in [6.07, 6.45) is 3.96. The van der Waals surface area contributed by atoms with E-state index in [0.29, 0.717) is 19.5 Å². The number of amides is 1. The van der Waals surface area contributed by atoms with Crippen LogP contribution in [0.2, 0.25) is 0 Å². The molecule has 2 rings (SSSR count). The lowest BCUT2D eigenvalue weighted by Crippen LogP contribution is -2.62. The maximum absolute atomic E-state index is 12.0. The molecule has 0 radical (unpaired) electrons. The minimum Gasteiger partial charge on any atom is -0.386 e. The Bertz CT molecular complexity index is 429. The fourth-order valence-electron chi connectivity index (χ4n) is 2.44. The van der Waals surface area contributed by atoms with Gasteiger partial charge in [0.2, 0.25) is 5.91 Å². The summed E-state index contributed by atoms with van der Waals surface area (Å²) in [6, 6.07) is 8.32. The summed E-state index contributed by atoms with van der Waals surface area (Å²) in [5, 5.41) is 9.62. The van der Waals surface area contributed by atoms with Gasteiger partial charge in [-0.3, -0.25) is 4.79 Å². The first-order chi connectivity index (χ1) is 9.00. The van der Waals surface area contributed by atoms with Crippen LogP contribution in [0, 0.1) is 0 Å². The highest BCUT2D eigenvalue weighted by Gasteiger charge is 2.38. The number of hydrogen-bond donors (Lipinski definition) is 1. The van der Waals surface area contributed by atoms with Crippen LogP contribution in [0.1, 0.15) is 37.8 Å². The van der Waals surface area contributed by atoms with Gasteiger partial charge in [0.15, 0.2) is 0 Å². The zero-order valence-electron chi connectivity index (χ0n) is 11.9. The fourth-order valence-corrected chi connectivity index (χ4v) is 2.44. The van der Waals surface area contributed by atoms with Crippen molar-refractivity contribution in [2.75, 3.05) is 13.1 Å². The van der Waals surface area contributed by atoms with Gasteiger partial charge in [0, 0.05) is 0 Å². The third kappa shape index (κ3) is 3.80. The van der Waals surface area contributed by atoms with Crippen molar-refractivity contribution in [1.82, 2.24) is 4.90 Å². The number of β-amino-alcohol motifs (C(OH)–C–C–N with tert-alkyl or cyclic N) is 1. The fraction of sp³-hybridized carbons (Fsp3) is 0.562. The topological polar surface area (TPSA) is 40.5 Å². The van der Waals surface area contributed by atoms with Crippen molar-refractivity contribution in [2.24, 2.45) is 0 Å². The Morgan fingerprint density at radius 1 is 1.26 bits per heavy atom. The second-order valence-electron chi connectivity index (χ2n) is 5.84. The summed E-state index contributed by atoms with van der Waals surface area (Å²) in [7, 11) is 0. The number of benzene rings is 1. The molecule has 1 aromatic carbocycles. The second-order valence-corrected chi connectivity index (χ2v) is 5.84. The average molecular weight is 261 g/mol. The number of carbonyl (C=O) groups excluding carboxylic acids is 1. The van der Waals surface area contributed by atoms with E-state index in [1.54, 1.807) is 11.8 Å². The number of hydrogen-bond acceptors (Lipinski definition) is 2. The zero-order chi connectivity index (χ0) is 13.9. The van der Waals surface area contributed by atoms with Crippen LogP contribution >= 0.6 is 0 Å². The lowest BCUT2D eigenvalue weighted by Gasteiger charge is -2.44. The number of carbonyl (C=O) groups is 1. The normalized spacial score (nSPS) is 17.1. The highest BCUT2D eigenvalue weighted by Crippen LogP contribution is 2.20. The number of aliphatic hydroxyl groups is 1. The summed E-state index contributed by atoms with van der Waals surface area (Å²) >= 11 is 0. The molecule has 1 heterocycles. The van der Waals surface area contributed by atoms with Crippen molar-refractivity contribution < 1.29 is 9.90 Å². The van der Waals surface area contributed by atoms with Gasteiger partial charge in [0.25, 0.3) is 0 Å². The van der Waals surface area contributed by atoms with E-state index in [2.05, 4.69) is 19.1 Å². The Hall–Kier alpha value is -1.35. The van der Waals surface area contributed by atoms with Gasteiger partial charge in [-0.25, -0.2) is 0 Å². The average Bonchev–Trinajstić information content (AvgIpc) is 2.35. The van der Waals surface area contributed by atoms with Crippen molar-refractivity contribution in [1.29, 1.82) is 0 Å². The predicted octanol–water partition coefficient (Wildman–Crippen LogP) is 2.16. The van der Waals surface area contributed by atoms with E-state index in [0.717, 1.165) is 12.0 Å². The molecule has 1 N–H and O–H groups in total. The molecule has 0 aromatic heterocycles. The summed E-state index contributed by atoms with van der Waals surface area (Å²) in [4.78, 5) is 13.7. The van der Waals surface area contributed by atoms with Crippen molar-refractivity contribution in [3.63, 3.8) is 0 Å². The van der Waals surface area contributed by atoms with Crippen LogP contribution in [-0.4, -0.2) is 34.6 Å². The molecule has 0 saturated carbocycles. The number of nitrogens with zero attached hydrogens (tertiary/aromatic N) is 1. The zero-order valence-corrected chi connectivity index (χ0v) is 11.9. The van der Waals surface area contributed by atoms with Gasteiger partial charge in [-0.1, -0.05) is 37.6 Å². The minimum absolute atomic E-state index is 0.104. The quantitative estimate of drug-likeness (QED) is 0.882. The Morgan fingerprint density at radius 2 is 1.84 bits per heavy atom. The number of rotatable bonds is 5. The van der Waals surface area contributed by atoms with Gasteiger partial charge >= 0.3 is 0 Å². The van der Waals surface area contributed by atoms with Gasteiger partial charge in [0.1, 0.15) is 0 Å². The molecule has 1 aromatic rings. The maximum atomic E-state index is 12.0. The molecule has 0 bridgehead atoms. The molecule has 1 aliphatic heterocycles. The molecular formula is C16H23NO2. The number of likely N-dealkylation sites (tertiary alicyclic amines) is 1.